The van der Waals surface area contributed by atoms with E-state index in [1.807, 2.05) is 19.2 Å². The maximum absolute atomic E-state index is 4.59. The second kappa shape index (κ2) is 10.7. The van der Waals surface area contributed by atoms with Crippen molar-refractivity contribution in [3.63, 3.8) is 0 Å². The fourth-order valence-electron chi connectivity index (χ4n) is 2.61. The van der Waals surface area contributed by atoms with E-state index in [1.54, 1.807) is 17.2 Å². The second-order valence-electron chi connectivity index (χ2n) is 5.76. The summed E-state index contributed by atoms with van der Waals surface area (Å²) in [6.45, 7) is 5.90. The molecule has 9 nitrogen and oxygen atoms in total. The zero-order chi connectivity index (χ0) is 18.2. The number of nitrogens with one attached hydrogen (secondary N) is 3. The number of halogens is 1. The fraction of sp³-hybridized carbons (Fsp3) is 0.412. The summed E-state index contributed by atoms with van der Waals surface area (Å²) in [5.41, 5.74) is 0.811. The first-order valence-electron chi connectivity index (χ1n) is 8.77. The predicted molar refractivity (Wildman–Crippen MR) is 119 cm³/mol. The van der Waals surface area contributed by atoms with E-state index in [-0.39, 0.29) is 24.0 Å². The summed E-state index contributed by atoms with van der Waals surface area (Å²) >= 11 is 0. The molecule has 3 heterocycles. The number of aryl methyl sites for hydroxylation is 1. The van der Waals surface area contributed by atoms with Crippen molar-refractivity contribution in [3.05, 3.63) is 37.1 Å². The molecule has 3 N–H and O–H groups in total. The maximum Gasteiger partial charge on any atom is 0.191 e. The van der Waals surface area contributed by atoms with Crippen molar-refractivity contribution in [2.75, 3.05) is 31.5 Å². The highest BCUT2D eigenvalue weighted by molar-refractivity contribution is 14.0. The van der Waals surface area contributed by atoms with Gasteiger partial charge < -0.3 is 20.5 Å². The van der Waals surface area contributed by atoms with Crippen molar-refractivity contribution in [1.29, 1.82) is 0 Å². The predicted octanol–water partition coefficient (Wildman–Crippen LogP) is 1.45. The highest BCUT2D eigenvalue weighted by Gasteiger charge is 2.06. The summed E-state index contributed by atoms with van der Waals surface area (Å²) < 4.78 is 3.87. The summed E-state index contributed by atoms with van der Waals surface area (Å²) in [5.74, 6) is 1.60. The SMILES string of the molecule is CCNC(=NCCNc1ncnc2c1cnn2C)NCCn1cccc1.I. The average Bonchev–Trinajstić information content (AvgIpc) is 3.29. The van der Waals surface area contributed by atoms with E-state index in [4.69, 9.17) is 0 Å². The third-order valence-electron chi connectivity index (χ3n) is 3.88. The molecule has 0 aliphatic heterocycles. The molecule has 146 valence electrons. The van der Waals surface area contributed by atoms with Gasteiger partial charge in [0.2, 0.25) is 0 Å². The van der Waals surface area contributed by atoms with Gasteiger partial charge in [0.25, 0.3) is 0 Å². The molecule has 0 aliphatic carbocycles. The lowest BCUT2D eigenvalue weighted by molar-refractivity contribution is 0.666. The monoisotopic (exact) mass is 483 g/mol. The Kier molecular flexibility index (Phi) is 8.30. The van der Waals surface area contributed by atoms with Gasteiger partial charge in [-0.15, -0.1) is 24.0 Å². The van der Waals surface area contributed by atoms with Gasteiger partial charge in [0.05, 0.1) is 18.1 Å². The molecule has 0 atom stereocenters. The lowest BCUT2D eigenvalue weighted by Crippen LogP contribution is -2.39. The molecule has 0 fully saturated rings. The fourth-order valence-corrected chi connectivity index (χ4v) is 2.61. The van der Waals surface area contributed by atoms with Crippen molar-refractivity contribution in [3.8, 4) is 0 Å². The minimum atomic E-state index is 0. The molecule has 0 unspecified atom stereocenters. The summed E-state index contributed by atoms with van der Waals surface area (Å²) in [6.07, 6.45) is 7.42. The van der Waals surface area contributed by atoms with Crippen LogP contribution in [0.3, 0.4) is 0 Å². The van der Waals surface area contributed by atoms with Crippen LogP contribution in [0.15, 0.2) is 42.0 Å². The van der Waals surface area contributed by atoms with E-state index in [0.717, 1.165) is 42.4 Å². The first kappa shape index (κ1) is 20.9. The number of aliphatic imine (C=N–C) groups is 1. The topological polar surface area (TPSA) is 97.0 Å². The van der Waals surface area contributed by atoms with Crippen molar-refractivity contribution >= 4 is 46.8 Å². The Morgan fingerprint density at radius 1 is 1.15 bits per heavy atom. The molecule has 0 aromatic carbocycles. The smallest absolute Gasteiger partial charge is 0.191 e. The van der Waals surface area contributed by atoms with Crippen molar-refractivity contribution < 1.29 is 0 Å². The number of guanidine groups is 1. The van der Waals surface area contributed by atoms with Crippen LogP contribution in [0.25, 0.3) is 11.0 Å². The number of hydrogen-bond acceptors (Lipinski definition) is 5. The minimum Gasteiger partial charge on any atom is -0.367 e. The maximum atomic E-state index is 4.59. The Balaban J connectivity index is 0.00000261. The van der Waals surface area contributed by atoms with Crippen molar-refractivity contribution in [1.82, 2.24) is 34.9 Å². The zero-order valence-corrected chi connectivity index (χ0v) is 17.9. The molecule has 0 radical (unpaired) electrons. The Morgan fingerprint density at radius 3 is 2.74 bits per heavy atom. The van der Waals surface area contributed by atoms with E-state index >= 15 is 0 Å². The van der Waals surface area contributed by atoms with Crippen molar-refractivity contribution in [2.24, 2.45) is 12.0 Å². The molecule has 0 saturated carbocycles. The molecule has 0 saturated heterocycles. The normalized spacial score (nSPS) is 11.3. The Bertz CT molecular complexity index is 841. The molecule has 3 aromatic rings. The summed E-state index contributed by atoms with van der Waals surface area (Å²) in [7, 11) is 1.87. The first-order valence-corrected chi connectivity index (χ1v) is 8.77. The highest BCUT2D eigenvalue weighted by atomic mass is 127. The third kappa shape index (κ3) is 5.81. The van der Waals surface area contributed by atoms with Crippen molar-refractivity contribution in [2.45, 2.75) is 13.5 Å². The lowest BCUT2D eigenvalue weighted by Gasteiger charge is -2.12. The molecule has 27 heavy (non-hydrogen) atoms. The van der Waals surface area contributed by atoms with E-state index < -0.39 is 0 Å². The van der Waals surface area contributed by atoms with Crippen LogP contribution in [-0.4, -0.2) is 56.5 Å². The number of rotatable bonds is 8. The lowest BCUT2D eigenvalue weighted by atomic mass is 10.4. The summed E-state index contributed by atoms with van der Waals surface area (Å²) in [5, 5.41) is 15.0. The van der Waals surface area contributed by atoms with Gasteiger partial charge in [-0.1, -0.05) is 0 Å². The Hall–Kier alpha value is -2.37. The quantitative estimate of drug-likeness (QED) is 0.194. The number of nitrogens with zero attached hydrogens (tertiary/aromatic N) is 6. The zero-order valence-electron chi connectivity index (χ0n) is 15.6. The van der Waals surface area contributed by atoms with Gasteiger partial charge in [0, 0.05) is 45.6 Å². The number of fused-ring (bicyclic) bond motifs is 1. The van der Waals surface area contributed by atoms with E-state index in [9.17, 15) is 0 Å². The number of aromatic nitrogens is 5. The van der Waals surface area contributed by atoms with Crippen LogP contribution in [0.5, 0.6) is 0 Å². The minimum absolute atomic E-state index is 0. The molecule has 0 aliphatic rings. The Labute approximate surface area is 175 Å². The summed E-state index contributed by atoms with van der Waals surface area (Å²) in [6, 6.07) is 4.05. The van der Waals surface area contributed by atoms with E-state index in [0.29, 0.717) is 13.1 Å². The van der Waals surface area contributed by atoms with Crippen LogP contribution in [0.2, 0.25) is 0 Å². The van der Waals surface area contributed by atoms with Gasteiger partial charge in [-0.05, 0) is 19.1 Å². The molecule has 0 bridgehead atoms. The molecule has 3 rings (SSSR count). The van der Waals surface area contributed by atoms with Crippen LogP contribution in [0.1, 0.15) is 6.92 Å². The van der Waals surface area contributed by atoms with Crippen LogP contribution >= 0.6 is 24.0 Å². The average molecular weight is 483 g/mol. The van der Waals surface area contributed by atoms with Gasteiger partial charge in [0.15, 0.2) is 11.6 Å². The van der Waals surface area contributed by atoms with Gasteiger partial charge in [-0.25, -0.2) is 9.97 Å². The standard InChI is InChI=1S/C17H25N9.HI/c1-3-18-17(21-8-11-26-9-4-5-10-26)20-7-6-19-15-14-12-24-25(2)16(14)23-13-22-15;/h4-5,9-10,12-13H,3,6-8,11H2,1-2H3,(H2,18,20,21)(H,19,22,23);1H. The molecular weight excluding hydrogens is 457 g/mol. The first-order chi connectivity index (χ1) is 12.8. The largest absolute Gasteiger partial charge is 0.367 e. The van der Waals surface area contributed by atoms with Crippen LogP contribution in [-0.2, 0) is 13.6 Å². The van der Waals surface area contributed by atoms with Gasteiger partial charge in [0.1, 0.15) is 12.1 Å². The molecule has 10 heteroatoms. The molecule has 0 amide bonds. The second-order valence-corrected chi connectivity index (χ2v) is 5.76. The Morgan fingerprint density at radius 2 is 1.96 bits per heavy atom. The van der Waals surface area contributed by atoms with Crippen LogP contribution in [0.4, 0.5) is 5.82 Å². The number of anilines is 1. The van der Waals surface area contributed by atoms with E-state index in [1.165, 1.54) is 0 Å². The molecule has 0 spiro atoms. The van der Waals surface area contributed by atoms with E-state index in [2.05, 4.69) is 59.9 Å². The summed E-state index contributed by atoms with van der Waals surface area (Å²) in [4.78, 5) is 13.1. The number of hydrogen-bond donors (Lipinski definition) is 3. The highest BCUT2D eigenvalue weighted by Crippen LogP contribution is 2.17. The van der Waals surface area contributed by atoms with Crippen LogP contribution in [0, 0.1) is 0 Å². The van der Waals surface area contributed by atoms with Gasteiger partial charge >= 0.3 is 0 Å². The van der Waals surface area contributed by atoms with Gasteiger partial charge in [-0.2, -0.15) is 5.10 Å². The van der Waals surface area contributed by atoms with Crippen LogP contribution < -0.4 is 16.0 Å². The third-order valence-corrected chi connectivity index (χ3v) is 3.88. The molecule has 3 aromatic heterocycles. The molecular formula is C17H26IN9. The van der Waals surface area contributed by atoms with Gasteiger partial charge in [-0.3, -0.25) is 9.67 Å².